The molecule has 4 N–H and O–H groups in total. The molecule has 2 aliphatic heterocycles. The largest absolute Gasteiger partial charge is 0.477 e. The van der Waals surface area contributed by atoms with E-state index in [0.29, 0.717) is 17.1 Å². The molecule has 1 aliphatic carbocycles. The second-order valence-electron chi connectivity index (χ2n) is 8.19. The molecule has 9 nitrogen and oxygen atoms in total. The maximum Gasteiger partial charge on any atom is 0.352 e. The van der Waals surface area contributed by atoms with Crippen molar-refractivity contribution in [3.63, 3.8) is 0 Å². The zero-order valence-electron chi connectivity index (χ0n) is 17.1. The number of carbonyl (C=O) groups excluding carboxylic acids is 2. The Bertz CT molecular complexity index is 927. The summed E-state index contributed by atoms with van der Waals surface area (Å²) in [7, 11) is 0. The predicted molar refractivity (Wildman–Crippen MR) is 120 cm³/mol. The van der Waals surface area contributed by atoms with E-state index in [1.165, 1.54) is 39.8 Å². The molecule has 12 heteroatoms. The molecule has 2 fully saturated rings. The number of aromatic nitrogens is 2. The van der Waals surface area contributed by atoms with Gasteiger partial charge in [-0.25, -0.2) is 4.79 Å². The summed E-state index contributed by atoms with van der Waals surface area (Å²) in [5.41, 5.74) is 6.56. The van der Waals surface area contributed by atoms with Crippen LogP contribution in [0.15, 0.2) is 15.6 Å². The summed E-state index contributed by atoms with van der Waals surface area (Å²) in [5.74, 6) is -0.847. The third kappa shape index (κ3) is 4.76. The molecule has 1 aromatic rings. The standard InChI is InChI=1S/C19H25N5O4S3/c1-10-22-23-18(31-10)30-9-11-8-29-16-13(15(26)24(16)14(11)17(27)28)21-12(25)7-19(20)5-3-2-4-6-19/h13,16H,2-9,20H2,1H3,(H,21,25)(H,27,28)/t13?,16-/m0/s1. The first-order valence-corrected chi connectivity index (χ1v) is 13.0. The van der Waals surface area contributed by atoms with Crippen molar-refractivity contribution in [1.82, 2.24) is 20.4 Å². The van der Waals surface area contributed by atoms with Crippen molar-refractivity contribution in [2.45, 2.75) is 66.7 Å². The van der Waals surface area contributed by atoms with Gasteiger partial charge in [0.05, 0.1) is 0 Å². The van der Waals surface area contributed by atoms with Crippen LogP contribution in [-0.4, -0.2) is 66.4 Å². The number of hydrogen-bond acceptors (Lipinski definition) is 9. The van der Waals surface area contributed by atoms with Gasteiger partial charge < -0.3 is 16.2 Å². The van der Waals surface area contributed by atoms with E-state index in [1.54, 1.807) is 0 Å². The number of aliphatic carboxylic acids is 1. The van der Waals surface area contributed by atoms with Gasteiger partial charge in [0.25, 0.3) is 5.91 Å². The summed E-state index contributed by atoms with van der Waals surface area (Å²) < 4.78 is 0.764. The Morgan fingerprint density at radius 2 is 2.06 bits per heavy atom. The Kier molecular flexibility index (Phi) is 6.61. The summed E-state index contributed by atoms with van der Waals surface area (Å²) in [6.07, 6.45) is 4.98. The molecule has 3 aliphatic rings. The van der Waals surface area contributed by atoms with E-state index in [1.807, 2.05) is 6.92 Å². The van der Waals surface area contributed by atoms with Crippen molar-refractivity contribution < 1.29 is 19.5 Å². The highest BCUT2D eigenvalue weighted by molar-refractivity contribution is 8.01. The van der Waals surface area contributed by atoms with Crippen molar-refractivity contribution in [3.8, 4) is 0 Å². The molecule has 4 rings (SSSR count). The molecule has 2 amide bonds. The number of nitrogens with one attached hydrogen (secondary N) is 1. The van der Waals surface area contributed by atoms with Gasteiger partial charge in [-0.2, -0.15) is 0 Å². The lowest BCUT2D eigenvalue weighted by atomic mass is 9.80. The van der Waals surface area contributed by atoms with Crippen molar-refractivity contribution in [3.05, 3.63) is 16.3 Å². The zero-order chi connectivity index (χ0) is 22.2. The number of thioether (sulfide) groups is 2. The number of aryl methyl sites for hydroxylation is 1. The van der Waals surface area contributed by atoms with Crippen LogP contribution in [0.4, 0.5) is 0 Å². The average Bonchev–Trinajstić information content (AvgIpc) is 3.14. The number of fused-ring (bicyclic) bond motifs is 1. The minimum atomic E-state index is -1.13. The predicted octanol–water partition coefficient (Wildman–Crippen LogP) is 1.73. The molecule has 168 valence electrons. The number of carbonyl (C=O) groups is 3. The van der Waals surface area contributed by atoms with Gasteiger partial charge in [-0.05, 0) is 25.3 Å². The quantitative estimate of drug-likeness (QED) is 0.391. The van der Waals surface area contributed by atoms with Crippen molar-refractivity contribution in [1.29, 1.82) is 0 Å². The highest BCUT2D eigenvalue weighted by Crippen LogP contribution is 2.42. The molecule has 1 aromatic heterocycles. The Morgan fingerprint density at radius 3 is 2.71 bits per heavy atom. The van der Waals surface area contributed by atoms with Crippen molar-refractivity contribution in [2.75, 3.05) is 11.5 Å². The fourth-order valence-electron chi connectivity index (χ4n) is 4.26. The first-order valence-electron chi connectivity index (χ1n) is 10.2. The number of nitrogens with zero attached hydrogens (tertiary/aromatic N) is 3. The lowest BCUT2D eigenvalue weighted by Crippen LogP contribution is -2.71. The van der Waals surface area contributed by atoms with Crippen LogP contribution in [0.3, 0.4) is 0 Å². The van der Waals surface area contributed by atoms with E-state index in [4.69, 9.17) is 5.73 Å². The van der Waals surface area contributed by atoms with Gasteiger partial charge in [0.15, 0.2) is 4.34 Å². The van der Waals surface area contributed by atoms with Gasteiger partial charge in [0, 0.05) is 23.5 Å². The summed E-state index contributed by atoms with van der Waals surface area (Å²) in [4.78, 5) is 38.6. The van der Waals surface area contributed by atoms with Gasteiger partial charge in [-0.1, -0.05) is 42.4 Å². The van der Waals surface area contributed by atoms with Crippen LogP contribution >= 0.6 is 34.9 Å². The molecule has 0 aromatic carbocycles. The summed E-state index contributed by atoms with van der Waals surface area (Å²) in [6, 6.07) is -0.709. The highest BCUT2D eigenvalue weighted by atomic mass is 32.2. The summed E-state index contributed by atoms with van der Waals surface area (Å²) in [5, 5.41) is 21.0. The van der Waals surface area contributed by atoms with Crippen LogP contribution in [0, 0.1) is 6.92 Å². The second kappa shape index (κ2) is 9.08. The molecule has 2 atom stereocenters. The van der Waals surface area contributed by atoms with E-state index in [0.717, 1.165) is 41.5 Å². The number of rotatable bonds is 7. The monoisotopic (exact) mass is 483 g/mol. The van der Waals surface area contributed by atoms with Crippen LogP contribution < -0.4 is 11.1 Å². The molecule has 0 bridgehead atoms. The topological polar surface area (TPSA) is 139 Å². The Hall–Kier alpha value is -1.63. The molecule has 1 unspecified atom stereocenters. The van der Waals surface area contributed by atoms with E-state index >= 15 is 0 Å². The molecular weight excluding hydrogens is 458 g/mol. The molecule has 1 saturated carbocycles. The number of nitrogens with two attached hydrogens (primary N) is 1. The fourth-order valence-corrected chi connectivity index (χ4v) is 7.56. The van der Waals surface area contributed by atoms with Crippen LogP contribution in [0.2, 0.25) is 0 Å². The third-order valence-electron chi connectivity index (χ3n) is 5.81. The van der Waals surface area contributed by atoms with Crippen molar-refractivity contribution >= 4 is 52.6 Å². The lowest BCUT2D eigenvalue weighted by molar-refractivity contribution is -0.150. The first-order chi connectivity index (χ1) is 14.8. The van der Waals surface area contributed by atoms with E-state index in [-0.39, 0.29) is 23.9 Å². The molecule has 0 radical (unpaired) electrons. The number of amides is 2. The number of β-lactam (4-membered cyclic amide) rings is 1. The maximum absolute atomic E-state index is 12.8. The Balaban J connectivity index is 1.40. The fraction of sp³-hybridized carbons (Fsp3) is 0.632. The minimum Gasteiger partial charge on any atom is -0.477 e. The Labute approximate surface area is 192 Å². The van der Waals surface area contributed by atoms with Crippen LogP contribution in [-0.2, 0) is 14.4 Å². The minimum absolute atomic E-state index is 0.0237. The lowest BCUT2D eigenvalue weighted by Gasteiger charge is -2.49. The van der Waals surface area contributed by atoms with Crippen LogP contribution in [0.25, 0.3) is 0 Å². The summed E-state index contributed by atoms with van der Waals surface area (Å²) in [6.45, 7) is 1.86. The van der Waals surface area contributed by atoms with Gasteiger partial charge in [0.1, 0.15) is 22.1 Å². The van der Waals surface area contributed by atoms with E-state index in [2.05, 4.69) is 15.5 Å². The third-order valence-corrected chi connectivity index (χ3v) is 9.20. The molecule has 31 heavy (non-hydrogen) atoms. The summed E-state index contributed by atoms with van der Waals surface area (Å²) >= 11 is 4.34. The number of carboxylic acid groups (broad SMARTS) is 1. The Morgan fingerprint density at radius 1 is 1.32 bits per heavy atom. The van der Waals surface area contributed by atoms with Crippen LogP contribution in [0.5, 0.6) is 0 Å². The maximum atomic E-state index is 12.8. The van der Waals surface area contributed by atoms with E-state index < -0.39 is 22.9 Å². The number of carboxylic acids is 1. The van der Waals surface area contributed by atoms with E-state index in [9.17, 15) is 19.5 Å². The zero-order valence-corrected chi connectivity index (χ0v) is 19.6. The molecule has 0 spiro atoms. The normalized spacial score (nSPS) is 25.1. The van der Waals surface area contributed by atoms with Crippen LogP contribution in [0.1, 0.15) is 43.5 Å². The molecule has 1 saturated heterocycles. The van der Waals surface area contributed by atoms with Gasteiger partial charge in [0.2, 0.25) is 5.91 Å². The number of hydrogen-bond donors (Lipinski definition) is 3. The average molecular weight is 484 g/mol. The highest BCUT2D eigenvalue weighted by Gasteiger charge is 2.54. The van der Waals surface area contributed by atoms with Gasteiger partial charge in [-0.15, -0.1) is 22.0 Å². The SMILES string of the molecule is Cc1nnc(SCC2=C(C(=O)O)N3C(=O)C(NC(=O)CC4(N)CCCCC4)[C@@H]3SC2)s1. The van der Waals surface area contributed by atoms with Gasteiger partial charge >= 0.3 is 5.97 Å². The second-order valence-corrected chi connectivity index (χ2v) is 11.7. The molecular formula is C19H25N5O4S3. The van der Waals surface area contributed by atoms with Gasteiger partial charge in [-0.3, -0.25) is 14.5 Å². The smallest absolute Gasteiger partial charge is 0.352 e. The first kappa shape index (κ1) is 22.6. The van der Waals surface area contributed by atoms with Crippen molar-refractivity contribution in [2.24, 2.45) is 5.73 Å². The molecule has 3 heterocycles.